The molecule has 1 amide bonds. The van der Waals surface area contributed by atoms with E-state index in [4.69, 9.17) is 16.3 Å². The van der Waals surface area contributed by atoms with Gasteiger partial charge >= 0.3 is 0 Å². The zero-order chi connectivity index (χ0) is 21.1. The Morgan fingerprint density at radius 3 is 2.30 bits per heavy atom. The number of amides is 1. The molecule has 0 N–H and O–H groups in total. The average molecular weight is 429 g/mol. The molecule has 1 aromatic heterocycles. The first-order chi connectivity index (χ1) is 14.5. The minimum absolute atomic E-state index is 0.0962. The first-order valence-corrected chi connectivity index (χ1v) is 11.0. The second-order valence-corrected chi connectivity index (χ2v) is 8.70. The van der Waals surface area contributed by atoms with Gasteiger partial charge in [-0.3, -0.25) is 9.69 Å². The molecule has 0 saturated carbocycles. The summed E-state index contributed by atoms with van der Waals surface area (Å²) in [6.07, 6.45) is 2.18. The summed E-state index contributed by atoms with van der Waals surface area (Å²) in [6, 6.07) is 11.8. The molecule has 0 radical (unpaired) electrons. The van der Waals surface area contributed by atoms with Crippen LogP contribution in [-0.4, -0.2) is 72.2 Å². The summed E-state index contributed by atoms with van der Waals surface area (Å²) in [4.78, 5) is 23.8. The third-order valence-electron chi connectivity index (χ3n) is 5.70. The number of aromatic nitrogens is 1. The van der Waals surface area contributed by atoms with Gasteiger partial charge in [0.15, 0.2) is 0 Å². The number of carbonyl (C=O) groups excluding carboxylic acids is 1. The molecule has 2 aliphatic heterocycles. The molecule has 0 bridgehead atoms. The largest absolute Gasteiger partial charge is 0.373 e. The van der Waals surface area contributed by atoms with Crippen LogP contribution in [0.15, 0.2) is 42.6 Å². The van der Waals surface area contributed by atoms with E-state index in [1.54, 1.807) is 6.20 Å². The second kappa shape index (κ2) is 9.33. The maximum atomic E-state index is 12.9. The zero-order valence-corrected chi connectivity index (χ0v) is 18.4. The van der Waals surface area contributed by atoms with Crippen LogP contribution in [0, 0.1) is 0 Å². The van der Waals surface area contributed by atoms with Gasteiger partial charge in [0.05, 0.1) is 17.2 Å². The van der Waals surface area contributed by atoms with Crippen molar-refractivity contribution < 1.29 is 9.53 Å². The smallest absolute Gasteiger partial charge is 0.253 e. The highest BCUT2D eigenvalue weighted by molar-refractivity contribution is 6.30. The van der Waals surface area contributed by atoms with Crippen molar-refractivity contribution >= 4 is 23.3 Å². The summed E-state index contributed by atoms with van der Waals surface area (Å²) in [5.74, 6) is 1.00. The molecule has 2 fully saturated rings. The van der Waals surface area contributed by atoms with Crippen LogP contribution in [0.1, 0.15) is 29.8 Å². The van der Waals surface area contributed by atoms with Crippen LogP contribution in [0.25, 0.3) is 0 Å². The van der Waals surface area contributed by atoms with Crippen molar-refractivity contribution in [2.24, 2.45) is 0 Å². The number of hydrogen-bond acceptors (Lipinski definition) is 5. The highest BCUT2D eigenvalue weighted by Crippen LogP contribution is 2.18. The Morgan fingerprint density at radius 2 is 1.70 bits per heavy atom. The minimum atomic E-state index is 0.0962. The maximum absolute atomic E-state index is 12.9. The van der Waals surface area contributed by atoms with E-state index in [0.29, 0.717) is 18.1 Å². The van der Waals surface area contributed by atoms with E-state index in [2.05, 4.69) is 40.8 Å². The van der Waals surface area contributed by atoms with E-state index >= 15 is 0 Å². The molecule has 1 aromatic carbocycles. The molecule has 6 nitrogen and oxygen atoms in total. The third kappa shape index (κ3) is 5.12. The lowest BCUT2D eigenvalue weighted by Crippen LogP contribution is -2.49. The Bertz CT molecular complexity index is 841. The quantitative estimate of drug-likeness (QED) is 0.747. The Labute approximate surface area is 183 Å². The van der Waals surface area contributed by atoms with Crippen LogP contribution in [0.3, 0.4) is 0 Å². The third-order valence-corrected chi connectivity index (χ3v) is 5.93. The fraction of sp³-hybridized carbons (Fsp3) is 0.478. The fourth-order valence-electron chi connectivity index (χ4n) is 4.30. The number of morpholine rings is 1. The number of benzene rings is 1. The first kappa shape index (κ1) is 21.1. The van der Waals surface area contributed by atoms with Crippen LogP contribution in [-0.2, 0) is 11.3 Å². The van der Waals surface area contributed by atoms with Gasteiger partial charge in [0.1, 0.15) is 5.82 Å². The van der Waals surface area contributed by atoms with Crippen LogP contribution < -0.4 is 4.90 Å². The number of rotatable bonds is 4. The van der Waals surface area contributed by atoms with Gasteiger partial charge in [-0.1, -0.05) is 23.7 Å². The van der Waals surface area contributed by atoms with Crippen molar-refractivity contribution in [2.45, 2.75) is 32.6 Å². The van der Waals surface area contributed by atoms with Crippen molar-refractivity contribution in [1.82, 2.24) is 14.8 Å². The number of ether oxygens (including phenoxy) is 1. The molecule has 2 unspecified atom stereocenters. The molecule has 0 spiro atoms. The summed E-state index contributed by atoms with van der Waals surface area (Å²) >= 11 is 5.92. The van der Waals surface area contributed by atoms with Crippen LogP contribution in [0.5, 0.6) is 0 Å². The summed E-state index contributed by atoms with van der Waals surface area (Å²) in [7, 11) is 0. The molecule has 7 heteroatoms. The van der Waals surface area contributed by atoms with E-state index in [-0.39, 0.29) is 18.1 Å². The summed E-state index contributed by atoms with van der Waals surface area (Å²) in [5.41, 5.74) is 1.98. The topological polar surface area (TPSA) is 48.9 Å². The highest BCUT2D eigenvalue weighted by Gasteiger charge is 2.24. The van der Waals surface area contributed by atoms with Gasteiger partial charge in [0.25, 0.3) is 5.91 Å². The lowest BCUT2D eigenvalue weighted by molar-refractivity contribution is -0.0704. The number of halogens is 1. The number of nitrogens with zero attached hydrogens (tertiary/aromatic N) is 4. The average Bonchev–Trinajstić information content (AvgIpc) is 2.74. The van der Waals surface area contributed by atoms with Gasteiger partial charge < -0.3 is 14.5 Å². The van der Waals surface area contributed by atoms with E-state index in [0.717, 1.165) is 44.1 Å². The van der Waals surface area contributed by atoms with Gasteiger partial charge in [0, 0.05) is 57.6 Å². The van der Waals surface area contributed by atoms with E-state index in [1.165, 1.54) is 5.56 Å². The Kier molecular flexibility index (Phi) is 6.56. The molecule has 3 heterocycles. The van der Waals surface area contributed by atoms with Gasteiger partial charge in [-0.25, -0.2) is 4.98 Å². The molecule has 2 atom stereocenters. The summed E-state index contributed by atoms with van der Waals surface area (Å²) in [6.45, 7) is 9.93. The van der Waals surface area contributed by atoms with Gasteiger partial charge in [0.2, 0.25) is 0 Å². The number of piperazine rings is 1. The highest BCUT2D eigenvalue weighted by atomic mass is 35.5. The van der Waals surface area contributed by atoms with Gasteiger partial charge in [-0.15, -0.1) is 0 Å². The van der Waals surface area contributed by atoms with Crippen LogP contribution >= 0.6 is 11.6 Å². The van der Waals surface area contributed by atoms with Gasteiger partial charge in [-0.05, 0) is 43.7 Å². The van der Waals surface area contributed by atoms with Crippen molar-refractivity contribution in [3.05, 3.63) is 58.7 Å². The molecular weight excluding hydrogens is 400 g/mol. The van der Waals surface area contributed by atoms with Gasteiger partial charge in [-0.2, -0.15) is 0 Å². The van der Waals surface area contributed by atoms with Crippen LogP contribution in [0.2, 0.25) is 5.02 Å². The Morgan fingerprint density at radius 1 is 1.03 bits per heavy atom. The van der Waals surface area contributed by atoms with E-state index in [1.807, 2.05) is 29.2 Å². The monoisotopic (exact) mass is 428 g/mol. The predicted octanol–water partition coefficient (Wildman–Crippen LogP) is 3.31. The standard InChI is InChI=1S/C23H29ClN4O2/c1-17-14-26(15-18(2)30-17)16-19-3-5-20(6-4-19)23(29)28-11-9-27(10-12-28)22-8-7-21(24)13-25-22/h3-8,13,17-18H,9-12,14-16H2,1-2H3. The molecule has 2 saturated heterocycles. The molecule has 2 aromatic rings. The molecule has 160 valence electrons. The maximum Gasteiger partial charge on any atom is 0.253 e. The number of anilines is 1. The van der Waals surface area contributed by atoms with Crippen molar-refractivity contribution in [2.75, 3.05) is 44.2 Å². The number of hydrogen-bond donors (Lipinski definition) is 0. The first-order valence-electron chi connectivity index (χ1n) is 10.6. The Balaban J connectivity index is 1.31. The Hall–Kier alpha value is -2.15. The fourth-order valence-corrected chi connectivity index (χ4v) is 4.41. The molecule has 2 aliphatic rings. The molecule has 0 aliphatic carbocycles. The second-order valence-electron chi connectivity index (χ2n) is 8.26. The summed E-state index contributed by atoms with van der Waals surface area (Å²) < 4.78 is 5.81. The van der Waals surface area contributed by atoms with Crippen molar-refractivity contribution in [3.63, 3.8) is 0 Å². The summed E-state index contributed by atoms with van der Waals surface area (Å²) in [5, 5.41) is 0.633. The minimum Gasteiger partial charge on any atom is -0.373 e. The predicted molar refractivity (Wildman–Crippen MR) is 119 cm³/mol. The SMILES string of the molecule is CC1CN(Cc2ccc(C(=O)N3CCN(c4ccc(Cl)cn4)CC3)cc2)CC(C)O1. The number of carbonyl (C=O) groups is 1. The van der Waals surface area contributed by atoms with Crippen LogP contribution in [0.4, 0.5) is 5.82 Å². The van der Waals surface area contributed by atoms with E-state index < -0.39 is 0 Å². The molecule has 30 heavy (non-hydrogen) atoms. The van der Waals surface area contributed by atoms with E-state index in [9.17, 15) is 4.79 Å². The van der Waals surface area contributed by atoms with Crippen molar-refractivity contribution in [3.8, 4) is 0 Å². The lowest BCUT2D eigenvalue weighted by atomic mass is 10.1. The molecule has 4 rings (SSSR count). The lowest BCUT2D eigenvalue weighted by Gasteiger charge is -2.35. The normalized spacial score (nSPS) is 22.9. The molecular formula is C23H29ClN4O2. The zero-order valence-electron chi connectivity index (χ0n) is 17.6. The number of pyridine rings is 1. The van der Waals surface area contributed by atoms with Crippen molar-refractivity contribution in [1.29, 1.82) is 0 Å².